The summed E-state index contributed by atoms with van der Waals surface area (Å²) in [4.78, 5) is 11.2. The Morgan fingerprint density at radius 3 is 2.65 bits per heavy atom. The molecule has 5 heteroatoms. The van der Waals surface area contributed by atoms with Gasteiger partial charge in [-0.2, -0.15) is 0 Å². The first-order chi connectivity index (χ1) is 8.08. The van der Waals surface area contributed by atoms with Gasteiger partial charge in [-0.05, 0) is 18.1 Å². The first-order valence-corrected chi connectivity index (χ1v) is 5.32. The molecule has 2 atom stereocenters. The van der Waals surface area contributed by atoms with Gasteiger partial charge in [0.1, 0.15) is 11.5 Å². The minimum atomic E-state index is -0.866. The number of carboxylic acids is 1. The molecule has 0 amide bonds. The summed E-state index contributed by atoms with van der Waals surface area (Å²) in [6, 6.07) is 3.15. The third-order valence-electron chi connectivity index (χ3n) is 3.14. The molecule has 0 spiro atoms. The number of fused-ring (bicyclic) bond motifs is 1. The van der Waals surface area contributed by atoms with Crippen molar-refractivity contribution >= 4 is 5.97 Å². The summed E-state index contributed by atoms with van der Waals surface area (Å²) in [6.07, 6.45) is 0.397. The van der Waals surface area contributed by atoms with E-state index in [2.05, 4.69) is 0 Å². The van der Waals surface area contributed by atoms with E-state index in [-0.39, 0.29) is 6.04 Å². The molecule has 0 saturated carbocycles. The molecule has 17 heavy (non-hydrogen) atoms. The van der Waals surface area contributed by atoms with Crippen molar-refractivity contribution in [3.63, 3.8) is 0 Å². The first kappa shape index (κ1) is 11.7. The van der Waals surface area contributed by atoms with Gasteiger partial charge in [0.2, 0.25) is 0 Å². The summed E-state index contributed by atoms with van der Waals surface area (Å²) in [5.74, 6) is -0.268. The van der Waals surface area contributed by atoms with Crippen molar-refractivity contribution in [3.8, 4) is 11.5 Å². The van der Waals surface area contributed by atoms with Gasteiger partial charge in [-0.1, -0.05) is 0 Å². The predicted molar refractivity (Wildman–Crippen MR) is 61.5 cm³/mol. The lowest BCUT2D eigenvalue weighted by atomic mass is 10.0. The minimum Gasteiger partial charge on any atom is -0.497 e. The number of benzene rings is 1. The molecule has 2 rings (SSSR count). The summed E-state index contributed by atoms with van der Waals surface area (Å²) in [5, 5.41) is 9.17. The van der Waals surface area contributed by atoms with Gasteiger partial charge >= 0.3 is 5.97 Å². The zero-order valence-electron chi connectivity index (χ0n) is 9.77. The Balaban J connectivity index is 2.59. The molecule has 1 aromatic carbocycles. The van der Waals surface area contributed by atoms with Crippen LogP contribution in [-0.2, 0) is 4.79 Å². The first-order valence-electron chi connectivity index (χ1n) is 5.32. The van der Waals surface area contributed by atoms with Gasteiger partial charge in [0.25, 0.3) is 0 Å². The fourth-order valence-corrected chi connectivity index (χ4v) is 2.33. The maximum absolute atomic E-state index is 11.2. The Bertz CT molecular complexity index is 458. The molecule has 0 heterocycles. The van der Waals surface area contributed by atoms with Crippen molar-refractivity contribution in [2.75, 3.05) is 14.2 Å². The highest BCUT2D eigenvalue weighted by Gasteiger charge is 2.36. The monoisotopic (exact) mass is 237 g/mol. The highest BCUT2D eigenvalue weighted by atomic mass is 16.5. The molecule has 0 bridgehead atoms. The highest BCUT2D eigenvalue weighted by molar-refractivity contribution is 5.79. The Morgan fingerprint density at radius 1 is 1.41 bits per heavy atom. The fraction of sp³-hybridized carbons (Fsp3) is 0.417. The number of rotatable bonds is 3. The molecule has 0 saturated heterocycles. The fourth-order valence-electron chi connectivity index (χ4n) is 2.33. The topological polar surface area (TPSA) is 81.8 Å². The number of aliphatic carboxylic acids is 1. The highest BCUT2D eigenvalue weighted by Crippen LogP contribution is 2.45. The van der Waals surface area contributed by atoms with Crippen molar-refractivity contribution in [3.05, 3.63) is 23.3 Å². The SMILES string of the molecule is COc1cc(OC)c2c(c1)C(C(=O)O)CC2N. The summed E-state index contributed by atoms with van der Waals surface area (Å²) in [7, 11) is 3.07. The average molecular weight is 237 g/mol. The van der Waals surface area contributed by atoms with Gasteiger partial charge in [-0.3, -0.25) is 4.79 Å². The van der Waals surface area contributed by atoms with Gasteiger partial charge in [-0.15, -0.1) is 0 Å². The maximum atomic E-state index is 11.2. The van der Waals surface area contributed by atoms with Crippen LogP contribution in [0.4, 0.5) is 0 Å². The minimum absolute atomic E-state index is 0.299. The van der Waals surface area contributed by atoms with Crippen LogP contribution in [-0.4, -0.2) is 25.3 Å². The van der Waals surface area contributed by atoms with Gasteiger partial charge in [0.15, 0.2) is 0 Å². The number of hydrogen-bond acceptors (Lipinski definition) is 4. The van der Waals surface area contributed by atoms with E-state index in [0.29, 0.717) is 23.5 Å². The summed E-state index contributed by atoms with van der Waals surface area (Å²) >= 11 is 0. The van der Waals surface area contributed by atoms with Crippen molar-refractivity contribution in [2.45, 2.75) is 18.4 Å². The molecule has 1 aliphatic carbocycles. The van der Waals surface area contributed by atoms with E-state index in [9.17, 15) is 4.79 Å². The third-order valence-corrected chi connectivity index (χ3v) is 3.14. The zero-order valence-corrected chi connectivity index (χ0v) is 9.77. The van der Waals surface area contributed by atoms with E-state index in [1.807, 2.05) is 0 Å². The van der Waals surface area contributed by atoms with E-state index in [1.54, 1.807) is 12.1 Å². The molecule has 1 aromatic rings. The summed E-state index contributed by atoms with van der Waals surface area (Å²) in [6.45, 7) is 0. The molecule has 0 aromatic heterocycles. The molecule has 3 N–H and O–H groups in total. The van der Waals surface area contributed by atoms with Crippen LogP contribution in [0.2, 0.25) is 0 Å². The number of ether oxygens (including phenoxy) is 2. The van der Waals surface area contributed by atoms with Crippen LogP contribution < -0.4 is 15.2 Å². The van der Waals surface area contributed by atoms with Crippen LogP contribution in [0, 0.1) is 0 Å². The standard InChI is InChI=1S/C12H15NO4/c1-16-6-3-7-8(12(14)15)5-9(13)11(7)10(4-6)17-2/h3-4,8-9H,5,13H2,1-2H3,(H,14,15). The molecule has 92 valence electrons. The van der Waals surface area contributed by atoms with Crippen molar-refractivity contribution in [2.24, 2.45) is 5.73 Å². The summed E-state index contributed by atoms with van der Waals surface area (Å²) in [5.41, 5.74) is 7.43. The second kappa shape index (κ2) is 4.25. The van der Waals surface area contributed by atoms with E-state index >= 15 is 0 Å². The lowest BCUT2D eigenvalue weighted by Gasteiger charge is -2.13. The average Bonchev–Trinajstić information content (AvgIpc) is 2.66. The van der Waals surface area contributed by atoms with Crippen molar-refractivity contribution < 1.29 is 19.4 Å². The van der Waals surface area contributed by atoms with Crippen LogP contribution >= 0.6 is 0 Å². The number of methoxy groups -OCH3 is 2. The van der Waals surface area contributed by atoms with Gasteiger partial charge < -0.3 is 20.3 Å². The Hall–Kier alpha value is -1.75. The number of carboxylic acid groups (broad SMARTS) is 1. The van der Waals surface area contributed by atoms with Crippen LogP contribution in [0.1, 0.15) is 29.5 Å². The molecule has 1 aliphatic rings. The molecule has 0 radical (unpaired) electrons. The van der Waals surface area contributed by atoms with Crippen molar-refractivity contribution in [1.29, 1.82) is 0 Å². The summed E-state index contributed by atoms with van der Waals surface area (Å²) < 4.78 is 10.4. The second-order valence-corrected chi connectivity index (χ2v) is 4.07. The normalized spacial score (nSPS) is 22.1. The van der Waals surface area contributed by atoms with Gasteiger partial charge in [0.05, 0.1) is 20.1 Å². The van der Waals surface area contributed by atoms with E-state index in [1.165, 1.54) is 14.2 Å². The van der Waals surface area contributed by atoms with E-state index < -0.39 is 11.9 Å². The zero-order chi connectivity index (χ0) is 12.6. The lowest BCUT2D eigenvalue weighted by molar-refractivity contribution is -0.138. The molecular formula is C12H15NO4. The largest absolute Gasteiger partial charge is 0.497 e. The molecule has 0 fully saturated rings. The van der Waals surface area contributed by atoms with Crippen LogP contribution in [0.3, 0.4) is 0 Å². The van der Waals surface area contributed by atoms with Crippen LogP contribution in [0.15, 0.2) is 12.1 Å². The second-order valence-electron chi connectivity index (χ2n) is 4.07. The molecule has 2 unspecified atom stereocenters. The smallest absolute Gasteiger partial charge is 0.311 e. The van der Waals surface area contributed by atoms with Crippen molar-refractivity contribution in [1.82, 2.24) is 0 Å². The molecule has 5 nitrogen and oxygen atoms in total. The van der Waals surface area contributed by atoms with Crippen LogP contribution in [0.25, 0.3) is 0 Å². The lowest BCUT2D eigenvalue weighted by Crippen LogP contribution is -2.10. The van der Waals surface area contributed by atoms with E-state index in [4.69, 9.17) is 20.3 Å². The quantitative estimate of drug-likeness (QED) is 0.827. The Kier molecular flexibility index (Phi) is 2.93. The predicted octanol–water partition coefficient (Wildman–Crippen LogP) is 1.28. The number of nitrogens with two attached hydrogens (primary N) is 1. The third kappa shape index (κ3) is 1.82. The Labute approximate surface area is 99.1 Å². The van der Waals surface area contributed by atoms with Crippen LogP contribution in [0.5, 0.6) is 11.5 Å². The number of hydrogen-bond donors (Lipinski definition) is 2. The molecular weight excluding hydrogens is 222 g/mol. The van der Waals surface area contributed by atoms with E-state index in [0.717, 1.165) is 5.56 Å². The Morgan fingerprint density at radius 2 is 2.12 bits per heavy atom. The number of carbonyl (C=O) groups is 1. The van der Waals surface area contributed by atoms with Gasteiger partial charge in [0, 0.05) is 17.7 Å². The molecule has 0 aliphatic heterocycles. The van der Waals surface area contributed by atoms with Gasteiger partial charge in [-0.25, -0.2) is 0 Å². The maximum Gasteiger partial charge on any atom is 0.311 e.